The van der Waals surface area contributed by atoms with Crippen molar-refractivity contribution in [3.05, 3.63) is 35.5 Å². The van der Waals surface area contributed by atoms with Crippen LogP contribution in [0.3, 0.4) is 0 Å². The highest BCUT2D eigenvalue weighted by atomic mass is 15.0. The number of rotatable bonds is 1. The normalized spacial score (nSPS) is 13.4. The van der Waals surface area contributed by atoms with Gasteiger partial charge in [0.25, 0.3) is 0 Å². The second-order valence-corrected chi connectivity index (χ2v) is 8.27. The zero-order chi connectivity index (χ0) is 15.3. The molecule has 0 aliphatic heterocycles. The maximum absolute atomic E-state index is 2.50. The Balaban J connectivity index is 2.78. The van der Waals surface area contributed by atoms with Crippen molar-refractivity contribution < 1.29 is 0 Å². The van der Waals surface area contributed by atoms with Crippen LogP contribution in [0, 0.1) is 0 Å². The third-order valence-electron chi connectivity index (χ3n) is 3.99. The van der Waals surface area contributed by atoms with Crippen molar-refractivity contribution in [1.82, 2.24) is 4.57 Å². The van der Waals surface area contributed by atoms with Crippen molar-refractivity contribution in [1.29, 1.82) is 0 Å². The van der Waals surface area contributed by atoms with E-state index in [1.54, 1.807) is 0 Å². The van der Waals surface area contributed by atoms with E-state index in [-0.39, 0.29) is 10.8 Å². The van der Waals surface area contributed by atoms with Crippen LogP contribution in [0.1, 0.15) is 72.7 Å². The molecule has 0 fully saturated rings. The van der Waals surface area contributed by atoms with Crippen LogP contribution < -0.4 is 0 Å². The van der Waals surface area contributed by atoms with E-state index in [4.69, 9.17) is 0 Å². The molecule has 1 heteroatoms. The molecule has 1 nitrogen and oxygen atoms in total. The average molecular weight is 271 g/mol. The first-order chi connectivity index (χ1) is 9.01. The van der Waals surface area contributed by atoms with E-state index in [1.165, 1.54) is 22.2 Å². The summed E-state index contributed by atoms with van der Waals surface area (Å²) in [5.74, 6) is 0. The molecule has 1 heterocycles. The van der Waals surface area contributed by atoms with Crippen LogP contribution in [0.25, 0.3) is 10.9 Å². The van der Waals surface area contributed by atoms with Crippen LogP contribution in [-0.2, 0) is 10.8 Å². The maximum Gasteiger partial charge on any atom is 0.0488 e. The largest absolute Gasteiger partial charge is 0.342 e. The highest BCUT2D eigenvalue weighted by Crippen LogP contribution is 2.34. The molecule has 0 amide bonds. The fraction of sp³-hybridized carbons (Fsp3) is 0.579. The van der Waals surface area contributed by atoms with E-state index < -0.39 is 0 Å². The Morgan fingerprint density at radius 3 is 1.90 bits per heavy atom. The number of hydrogen-bond acceptors (Lipinski definition) is 0. The number of hydrogen-bond donors (Lipinski definition) is 0. The fourth-order valence-electron chi connectivity index (χ4n) is 2.82. The van der Waals surface area contributed by atoms with Gasteiger partial charge in [0.15, 0.2) is 0 Å². The second kappa shape index (κ2) is 4.65. The molecule has 0 N–H and O–H groups in total. The van der Waals surface area contributed by atoms with Gasteiger partial charge in [-0.15, -0.1) is 0 Å². The van der Waals surface area contributed by atoms with Gasteiger partial charge in [0.2, 0.25) is 0 Å². The van der Waals surface area contributed by atoms with E-state index in [0.29, 0.717) is 6.04 Å². The molecule has 0 aliphatic rings. The van der Waals surface area contributed by atoms with E-state index in [9.17, 15) is 0 Å². The van der Waals surface area contributed by atoms with Gasteiger partial charge in [0.1, 0.15) is 0 Å². The first-order valence-corrected chi connectivity index (χ1v) is 7.68. The zero-order valence-corrected chi connectivity index (χ0v) is 14.3. The second-order valence-electron chi connectivity index (χ2n) is 8.27. The smallest absolute Gasteiger partial charge is 0.0488 e. The maximum atomic E-state index is 2.50. The minimum atomic E-state index is 0.172. The van der Waals surface area contributed by atoms with Crippen molar-refractivity contribution >= 4 is 10.9 Å². The number of nitrogens with zero attached hydrogens (tertiary/aromatic N) is 1. The lowest BCUT2D eigenvalue weighted by atomic mass is 9.87. The van der Waals surface area contributed by atoms with Crippen molar-refractivity contribution in [2.24, 2.45) is 0 Å². The summed E-state index contributed by atoms with van der Waals surface area (Å²) >= 11 is 0. The molecule has 20 heavy (non-hydrogen) atoms. The molecule has 2 aromatic rings. The lowest BCUT2D eigenvalue weighted by molar-refractivity contribution is 0.493. The van der Waals surface area contributed by atoms with Crippen molar-refractivity contribution in [3.8, 4) is 0 Å². The summed E-state index contributed by atoms with van der Waals surface area (Å²) in [6.07, 6.45) is 0. The molecule has 0 spiro atoms. The molecule has 2 rings (SSSR count). The summed E-state index contributed by atoms with van der Waals surface area (Å²) in [7, 11) is 0. The van der Waals surface area contributed by atoms with Gasteiger partial charge in [-0.2, -0.15) is 0 Å². The monoisotopic (exact) mass is 271 g/mol. The van der Waals surface area contributed by atoms with Gasteiger partial charge in [0, 0.05) is 22.7 Å². The van der Waals surface area contributed by atoms with Crippen LogP contribution >= 0.6 is 0 Å². The van der Waals surface area contributed by atoms with E-state index >= 15 is 0 Å². The van der Waals surface area contributed by atoms with Crippen molar-refractivity contribution in [2.45, 2.75) is 72.3 Å². The summed E-state index contributed by atoms with van der Waals surface area (Å²) in [6.45, 7) is 18.3. The van der Waals surface area contributed by atoms with Gasteiger partial charge >= 0.3 is 0 Å². The average Bonchev–Trinajstić information content (AvgIpc) is 2.65. The standard InChI is InChI=1S/C19H29N/c1-13(2)20-16-12-15(18(3,4)5)10-9-14(16)11-17(20)19(6,7)8/h9-13H,1-8H3. The molecule has 1 aromatic carbocycles. The molecule has 0 bridgehead atoms. The van der Waals surface area contributed by atoms with Gasteiger partial charge < -0.3 is 4.57 Å². The summed E-state index contributed by atoms with van der Waals surface area (Å²) in [5, 5.41) is 1.36. The predicted molar refractivity (Wildman–Crippen MR) is 89.7 cm³/mol. The molecule has 0 aliphatic carbocycles. The van der Waals surface area contributed by atoms with E-state index in [1.807, 2.05) is 0 Å². The molecular formula is C19H29N. The first-order valence-electron chi connectivity index (χ1n) is 7.68. The summed E-state index contributed by atoms with van der Waals surface area (Å²) in [6, 6.07) is 9.78. The highest BCUT2D eigenvalue weighted by Gasteiger charge is 2.23. The topological polar surface area (TPSA) is 4.93 Å². The van der Waals surface area contributed by atoms with Crippen molar-refractivity contribution in [3.63, 3.8) is 0 Å². The van der Waals surface area contributed by atoms with Crippen molar-refractivity contribution in [2.75, 3.05) is 0 Å². The summed E-state index contributed by atoms with van der Waals surface area (Å²) in [5.41, 5.74) is 4.57. The quantitative estimate of drug-likeness (QED) is 0.616. The molecule has 0 saturated carbocycles. The molecule has 0 radical (unpaired) electrons. The summed E-state index contributed by atoms with van der Waals surface area (Å²) in [4.78, 5) is 0. The van der Waals surface area contributed by atoms with E-state index in [2.05, 4.69) is 84.2 Å². The minimum absolute atomic E-state index is 0.172. The molecule has 110 valence electrons. The number of fused-ring (bicyclic) bond motifs is 1. The third kappa shape index (κ3) is 2.63. The van der Waals surface area contributed by atoms with Gasteiger partial charge in [-0.25, -0.2) is 0 Å². The zero-order valence-electron chi connectivity index (χ0n) is 14.3. The van der Waals surface area contributed by atoms with Gasteiger partial charge in [-0.1, -0.05) is 53.7 Å². The van der Waals surface area contributed by atoms with Gasteiger partial charge in [0.05, 0.1) is 0 Å². The number of aromatic nitrogens is 1. The van der Waals surface area contributed by atoms with Crippen LogP contribution in [-0.4, -0.2) is 4.57 Å². The Hall–Kier alpha value is -1.24. The third-order valence-corrected chi connectivity index (χ3v) is 3.99. The molecule has 0 atom stereocenters. The van der Waals surface area contributed by atoms with E-state index in [0.717, 1.165) is 0 Å². The van der Waals surface area contributed by atoms with Crippen LogP contribution in [0.5, 0.6) is 0 Å². The summed E-state index contributed by atoms with van der Waals surface area (Å²) < 4.78 is 2.50. The van der Waals surface area contributed by atoms with Crippen LogP contribution in [0.4, 0.5) is 0 Å². The Labute approximate surface area is 124 Å². The Morgan fingerprint density at radius 2 is 1.45 bits per heavy atom. The Morgan fingerprint density at radius 1 is 0.850 bits per heavy atom. The Kier molecular flexibility index (Phi) is 3.52. The first kappa shape index (κ1) is 15.2. The molecule has 0 unspecified atom stereocenters. The lowest BCUT2D eigenvalue weighted by Gasteiger charge is -2.25. The van der Waals surface area contributed by atoms with Gasteiger partial charge in [-0.3, -0.25) is 0 Å². The lowest BCUT2D eigenvalue weighted by Crippen LogP contribution is -2.19. The fourth-order valence-corrected chi connectivity index (χ4v) is 2.82. The molecule has 0 saturated heterocycles. The van der Waals surface area contributed by atoms with Gasteiger partial charge in [-0.05, 0) is 42.3 Å². The number of benzene rings is 1. The molecule has 1 aromatic heterocycles. The van der Waals surface area contributed by atoms with Crippen LogP contribution in [0.15, 0.2) is 24.3 Å². The molecular weight excluding hydrogens is 242 g/mol. The predicted octanol–water partition coefficient (Wildman–Crippen LogP) is 5.82. The minimum Gasteiger partial charge on any atom is -0.342 e. The highest BCUT2D eigenvalue weighted by molar-refractivity contribution is 5.83. The Bertz CT molecular complexity index is 615. The van der Waals surface area contributed by atoms with Crippen LogP contribution in [0.2, 0.25) is 0 Å². The SMILES string of the molecule is CC(C)n1c(C(C)(C)C)cc2ccc(C(C)(C)C)cc21.